The first-order valence-electron chi connectivity index (χ1n) is 15.9. The highest BCUT2D eigenvalue weighted by Gasteiger charge is 2.68. The zero-order valence-corrected chi connectivity index (χ0v) is 27.1. The fourth-order valence-corrected chi connectivity index (χ4v) is 7.28. The van der Waals surface area contributed by atoms with Crippen molar-refractivity contribution in [2.24, 2.45) is 23.2 Å². The molecule has 1 aromatic rings. The predicted molar refractivity (Wildman–Crippen MR) is 168 cm³/mol. The number of guanidine groups is 1. The van der Waals surface area contributed by atoms with Gasteiger partial charge in [0.15, 0.2) is 5.03 Å². The van der Waals surface area contributed by atoms with E-state index in [2.05, 4.69) is 64.4 Å². The summed E-state index contributed by atoms with van der Waals surface area (Å²) in [4.78, 5) is 37.7. The largest absolute Gasteiger partial charge is 0.481 e. The van der Waals surface area contributed by atoms with Crippen molar-refractivity contribution in [3.8, 4) is 0 Å². The average molecular weight is 613 g/mol. The molecule has 0 radical (unpaired) electrons. The Bertz CT molecular complexity index is 1230. The highest BCUT2D eigenvalue weighted by molar-refractivity contribution is 6.48. The van der Waals surface area contributed by atoms with E-state index in [9.17, 15) is 19.7 Å². The van der Waals surface area contributed by atoms with Crippen molar-refractivity contribution in [2.45, 2.75) is 110 Å². The first kappa shape index (κ1) is 33.7. The van der Waals surface area contributed by atoms with Crippen LogP contribution in [-0.4, -0.2) is 60.2 Å². The summed E-state index contributed by atoms with van der Waals surface area (Å²) in [5.74, 6) is -0.00401. The lowest BCUT2D eigenvalue weighted by molar-refractivity contribution is -0.525. The number of nitro groups is 1. The predicted octanol–water partition coefficient (Wildman–Crippen LogP) is 3.79. The number of benzene rings is 1. The number of amides is 2. The summed E-state index contributed by atoms with van der Waals surface area (Å²) in [6.45, 7) is 15.3. The van der Waals surface area contributed by atoms with E-state index < -0.39 is 35.7 Å². The van der Waals surface area contributed by atoms with Gasteiger partial charge in [-0.1, -0.05) is 59.1 Å². The minimum Gasteiger partial charge on any atom is -0.404 e. The molecule has 44 heavy (non-hydrogen) atoms. The third-order valence-electron chi connectivity index (χ3n) is 9.99. The van der Waals surface area contributed by atoms with Gasteiger partial charge in [0.1, 0.15) is 6.04 Å². The number of rotatable bonds is 13. The average Bonchev–Trinajstić information content (AvgIpc) is 3.30. The molecule has 0 unspecified atom stereocenters. The van der Waals surface area contributed by atoms with Gasteiger partial charge in [-0.15, -0.1) is 0 Å². The van der Waals surface area contributed by atoms with Gasteiger partial charge in [0.25, 0.3) is 11.9 Å². The Morgan fingerprint density at radius 3 is 2.39 bits per heavy atom. The second-order valence-corrected chi connectivity index (χ2v) is 14.2. The van der Waals surface area contributed by atoms with E-state index in [0.29, 0.717) is 36.2 Å². The fourth-order valence-electron chi connectivity index (χ4n) is 7.28. The van der Waals surface area contributed by atoms with Crippen LogP contribution < -0.4 is 21.4 Å². The van der Waals surface area contributed by atoms with Crippen molar-refractivity contribution < 1.29 is 23.9 Å². The molecule has 13 heteroatoms. The first-order chi connectivity index (χ1) is 20.6. The fraction of sp³-hybridized carbons (Fsp3) is 0.710. The topological polar surface area (TPSA) is 168 Å². The van der Waals surface area contributed by atoms with Crippen molar-refractivity contribution in [3.63, 3.8) is 0 Å². The van der Waals surface area contributed by atoms with Gasteiger partial charge in [0.05, 0.1) is 17.6 Å². The number of hydrazine groups is 1. The van der Waals surface area contributed by atoms with Crippen LogP contribution in [0.4, 0.5) is 0 Å². The number of carbonyl (C=O) groups is 2. The summed E-state index contributed by atoms with van der Waals surface area (Å²) < 4.78 is 13.2. The SMILES string of the molecule is CC(C)C[C@H](NC(=O)[C@H](CCCNC(=N)N[N+](=O)[O-])NC(=O)c1ccc(C(C)C)cc1)B1O[C@@H]2C[C@@H]3C[C@@H](C3(C)C)[C@]2(C)O1. The lowest BCUT2D eigenvalue weighted by atomic mass is 9.43. The molecule has 4 aliphatic rings. The Morgan fingerprint density at radius 2 is 1.80 bits per heavy atom. The highest BCUT2D eigenvalue weighted by atomic mass is 16.7. The van der Waals surface area contributed by atoms with Crippen LogP contribution >= 0.6 is 0 Å². The molecular formula is C31H49BN6O6. The van der Waals surface area contributed by atoms with Crippen LogP contribution in [-0.2, 0) is 14.1 Å². The van der Waals surface area contributed by atoms with E-state index in [1.807, 2.05) is 12.1 Å². The van der Waals surface area contributed by atoms with Crippen LogP contribution in [0.3, 0.4) is 0 Å². The van der Waals surface area contributed by atoms with Gasteiger partial charge in [-0.05, 0) is 85.8 Å². The van der Waals surface area contributed by atoms with E-state index in [-0.39, 0.29) is 42.2 Å². The molecule has 1 aromatic carbocycles. The Hall–Kier alpha value is -3.19. The molecule has 1 aliphatic heterocycles. The molecular weight excluding hydrogens is 563 g/mol. The maximum Gasteiger partial charge on any atom is 0.481 e. The lowest BCUT2D eigenvalue weighted by Gasteiger charge is -2.64. The van der Waals surface area contributed by atoms with E-state index in [4.69, 9.17) is 14.7 Å². The van der Waals surface area contributed by atoms with Crippen LogP contribution in [0.1, 0.15) is 102 Å². The van der Waals surface area contributed by atoms with Gasteiger partial charge in [-0.2, -0.15) is 0 Å². The molecule has 12 nitrogen and oxygen atoms in total. The third kappa shape index (κ3) is 7.36. The summed E-state index contributed by atoms with van der Waals surface area (Å²) in [5, 5.41) is 26.0. The monoisotopic (exact) mass is 612 g/mol. The van der Waals surface area contributed by atoms with Crippen LogP contribution in [0.5, 0.6) is 0 Å². The molecule has 5 N–H and O–H groups in total. The van der Waals surface area contributed by atoms with E-state index in [0.717, 1.165) is 18.4 Å². The van der Waals surface area contributed by atoms with Crippen LogP contribution in [0.15, 0.2) is 24.3 Å². The first-order valence-corrected chi connectivity index (χ1v) is 15.9. The molecule has 3 saturated carbocycles. The normalized spacial score (nSPS) is 26.3. The Labute approximate surface area is 260 Å². The van der Waals surface area contributed by atoms with Crippen molar-refractivity contribution in [1.29, 1.82) is 5.41 Å². The summed E-state index contributed by atoms with van der Waals surface area (Å²) in [6.07, 6.45) is 3.32. The van der Waals surface area contributed by atoms with Crippen molar-refractivity contribution in [1.82, 2.24) is 21.4 Å². The molecule has 2 bridgehead atoms. The van der Waals surface area contributed by atoms with E-state index in [1.165, 1.54) is 0 Å². The zero-order valence-electron chi connectivity index (χ0n) is 27.1. The smallest absolute Gasteiger partial charge is 0.404 e. The third-order valence-corrected chi connectivity index (χ3v) is 9.99. The highest BCUT2D eigenvalue weighted by Crippen LogP contribution is 2.65. The van der Waals surface area contributed by atoms with Gasteiger partial charge in [-0.3, -0.25) is 15.0 Å². The van der Waals surface area contributed by atoms with Crippen molar-refractivity contribution >= 4 is 24.9 Å². The van der Waals surface area contributed by atoms with Gasteiger partial charge in [0, 0.05) is 12.1 Å². The van der Waals surface area contributed by atoms with Crippen LogP contribution in [0.25, 0.3) is 0 Å². The maximum absolute atomic E-state index is 13.8. The van der Waals surface area contributed by atoms with Crippen molar-refractivity contribution in [2.75, 3.05) is 6.54 Å². The molecule has 3 aliphatic carbocycles. The summed E-state index contributed by atoms with van der Waals surface area (Å²) in [7, 11) is -0.596. The Morgan fingerprint density at radius 1 is 1.11 bits per heavy atom. The summed E-state index contributed by atoms with van der Waals surface area (Å²) in [5.41, 5.74) is 3.09. The number of hydrogen-bond acceptors (Lipinski definition) is 7. The second kappa shape index (κ2) is 13.4. The van der Waals surface area contributed by atoms with Crippen LogP contribution in [0.2, 0.25) is 0 Å². The Balaban J connectivity index is 1.46. The molecule has 1 saturated heterocycles. The van der Waals surface area contributed by atoms with E-state index in [1.54, 1.807) is 17.6 Å². The molecule has 6 atom stereocenters. The minimum absolute atomic E-state index is 0.0192. The number of nitrogens with one attached hydrogen (secondary N) is 5. The molecule has 4 fully saturated rings. The Kier molecular flexibility index (Phi) is 10.3. The van der Waals surface area contributed by atoms with Gasteiger partial charge in [-0.25, -0.2) is 10.1 Å². The lowest BCUT2D eigenvalue weighted by Crippen LogP contribution is -2.65. The molecule has 0 aromatic heterocycles. The van der Waals surface area contributed by atoms with Gasteiger partial charge in [0.2, 0.25) is 5.91 Å². The maximum atomic E-state index is 13.8. The molecule has 5 rings (SSSR count). The molecule has 1 heterocycles. The van der Waals surface area contributed by atoms with Gasteiger partial charge >= 0.3 is 7.12 Å². The van der Waals surface area contributed by atoms with E-state index >= 15 is 0 Å². The summed E-state index contributed by atoms with van der Waals surface area (Å²) >= 11 is 0. The molecule has 0 spiro atoms. The standard InChI is InChI=1S/C31H49BN6O6/c1-18(2)15-26(32-43-25-17-22-16-24(30(22,5)6)31(25,7)44-32)36-28(40)23(9-8-14-34-29(33)37-38(41)42)35-27(39)21-12-10-20(11-13-21)19(3)4/h10-13,18-19,22-26H,8-9,14-17H2,1-7H3,(H,35,39)(H,36,40)(H3,33,34,37)/t22-,23-,24-,25+,26-,31-/m0/s1. The zero-order chi connectivity index (χ0) is 32.4. The number of hydrogen-bond donors (Lipinski definition) is 5. The second-order valence-electron chi connectivity index (χ2n) is 14.2. The summed E-state index contributed by atoms with van der Waals surface area (Å²) in [6, 6.07) is 6.44. The van der Waals surface area contributed by atoms with Crippen LogP contribution in [0, 0.1) is 38.7 Å². The number of nitrogens with zero attached hydrogens (tertiary/aromatic N) is 1. The molecule has 242 valence electrons. The molecule has 2 amide bonds. The van der Waals surface area contributed by atoms with Gasteiger partial charge < -0.3 is 25.3 Å². The van der Waals surface area contributed by atoms with Crippen molar-refractivity contribution in [3.05, 3.63) is 45.5 Å². The number of carbonyl (C=O) groups excluding carboxylic acids is 2. The minimum atomic E-state index is -0.882. The quantitative estimate of drug-likeness (QED) is 0.0560.